The van der Waals surface area contributed by atoms with Gasteiger partial charge in [0.15, 0.2) is 0 Å². The molecule has 23 heavy (non-hydrogen) atoms. The first-order valence-electron chi connectivity index (χ1n) is 8.81. The average molecular weight is 319 g/mol. The molecule has 2 aliphatic rings. The van der Waals surface area contributed by atoms with Crippen molar-refractivity contribution in [1.82, 2.24) is 24.7 Å². The number of piperidine rings is 1. The molecule has 0 spiro atoms. The number of nitrogens with one attached hydrogen (secondary N) is 1. The van der Waals surface area contributed by atoms with Crippen LogP contribution in [0.4, 0.5) is 4.79 Å². The summed E-state index contributed by atoms with van der Waals surface area (Å²) in [5.41, 5.74) is 0.0353. The number of hydrogen-bond acceptors (Lipinski definition) is 3. The maximum atomic E-state index is 12.5. The number of aromatic nitrogens is 2. The lowest BCUT2D eigenvalue weighted by Gasteiger charge is -2.32. The van der Waals surface area contributed by atoms with Gasteiger partial charge in [-0.1, -0.05) is 6.42 Å². The normalized spacial score (nSPS) is 20.3. The van der Waals surface area contributed by atoms with Gasteiger partial charge in [-0.25, -0.2) is 9.78 Å². The van der Waals surface area contributed by atoms with Crippen molar-refractivity contribution in [1.29, 1.82) is 0 Å². The van der Waals surface area contributed by atoms with E-state index < -0.39 is 0 Å². The minimum atomic E-state index is 0.0353. The summed E-state index contributed by atoms with van der Waals surface area (Å²) >= 11 is 0. The highest BCUT2D eigenvalue weighted by molar-refractivity contribution is 5.75. The van der Waals surface area contributed by atoms with Gasteiger partial charge < -0.3 is 19.7 Å². The Morgan fingerprint density at radius 1 is 1.35 bits per heavy atom. The number of hydrogen-bond donors (Lipinski definition) is 1. The van der Waals surface area contributed by atoms with Crippen LogP contribution >= 0.6 is 0 Å². The first-order chi connectivity index (χ1) is 11.1. The SMILES string of the molecule is Cc1nccn1CCN(C)C(=O)NC1(CN2CCCCC2)CC1. The molecule has 0 atom stereocenters. The van der Waals surface area contributed by atoms with Gasteiger partial charge in [0.25, 0.3) is 0 Å². The smallest absolute Gasteiger partial charge is 0.317 e. The molecule has 128 valence electrons. The molecule has 1 aromatic heterocycles. The van der Waals surface area contributed by atoms with E-state index in [1.807, 2.05) is 20.2 Å². The Balaban J connectivity index is 1.45. The zero-order chi connectivity index (χ0) is 16.3. The van der Waals surface area contributed by atoms with Crippen molar-refractivity contribution in [3.05, 3.63) is 18.2 Å². The lowest BCUT2D eigenvalue weighted by atomic mass is 10.1. The summed E-state index contributed by atoms with van der Waals surface area (Å²) in [5, 5.41) is 3.28. The number of aryl methyl sites for hydroxylation is 1. The van der Waals surface area contributed by atoms with E-state index in [-0.39, 0.29) is 11.6 Å². The Kier molecular flexibility index (Phi) is 4.90. The molecular formula is C17H29N5O. The highest BCUT2D eigenvalue weighted by Crippen LogP contribution is 2.36. The molecule has 6 heteroatoms. The zero-order valence-electron chi connectivity index (χ0n) is 14.4. The van der Waals surface area contributed by atoms with Crippen LogP contribution in [0.3, 0.4) is 0 Å². The fourth-order valence-electron chi connectivity index (χ4n) is 3.34. The van der Waals surface area contributed by atoms with E-state index in [0.29, 0.717) is 6.54 Å². The molecule has 0 bridgehead atoms. The van der Waals surface area contributed by atoms with Gasteiger partial charge in [0.05, 0.1) is 5.54 Å². The number of likely N-dealkylation sites (N-methyl/N-ethyl adjacent to an activating group) is 1. The van der Waals surface area contributed by atoms with E-state index in [2.05, 4.69) is 19.8 Å². The second kappa shape index (κ2) is 6.91. The average Bonchev–Trinajstić information content (AvgIpc) is 3.16. The van der Waals surface area contributed by atoms with Crippen LogP contribution in [-0.2, 0) is 6.54 Å². The summed E-state index contributed by atoms with van der Waals surface area (Å²) in [7, 11) is 1.87. The van der Waals surface area contributed by atoms with Crippen LogP contribution in [0.15, 0.2) is 12.4 Å². The van der Waals surface area contributed by atoms with E-state index in [4.69, 9.17) is 0 Å². The van der Waals surface area contributed by atoms with E-state index in [0.717, 1.165) is 31.8 Å². The van der Waals surface area contributed by atoms with Gasteiger partial charge in [-0.2, -0.15) is 0 Å². The third-order valence-electron chi connectivity index (χ3n) is 5.15. The van der Waals surface area contributed by atoms with Crippen molar-refractivity contribution in [3.63, 3.8) is 0 Å². The number of imidazole rings is 1. The molecule has 2 heterocycles. The highest BCUT2D eigenvalue weighted by Gasteiger charge is 2.45. The molecule has 0 unspecified atom stereocenters. The van der Waals surface area contributed by atoms with Gasteiger partial charge in [0.2, 0.25) is 0 Å². The Hall–Kier alpha value is -1.56. The molecule has 6 nitrogen and oxygen atoms in total. The molecule has 1 saturated heterocycles. The van der Waals surface area contributed by atoms with Crippen molar-refractivity contribution >= 4 is 6.03 Å². The van der Waals surface area contributed by atoms with Crippen LogP contribution in [0.5, 0.6) is 0 Å². The molecular weight excluding hydrogens is 290 g/mol. The van der Waals surface area contributed by atoms with Gasteiger partial charge in [0, 0.05) is 39.1 Å². The van der Waals surface area contributed by atoms with Gasteiger partial charge >= 0.3 is 6.03 Å². The summed E-state index contributed by atoms with van der Waals surface area (Å²) < 4.78 is 2.07. The maximum Gasteiger partial charge on any atom is 0.317 e. The zero-order valence-corrected chi connectivity index (χ0v) is 14.4. The highest BCUT2D eigenvalue weighted by atomic mass is 16.2. The lowest BCUT2D eigenvalue weighted by Crippen LogP contribution is -2.51. The summed E-state index contributed by atoms with van der Waals surface area (Å²) in [6.45, 7) is 6.86. The minimum Gasteiger partial charge on any atom is -0.333 e. The fraction of sp³-hybridized carbons (Fsp3) is 0.765. The quantitative estimate of drug-likeness (QED) is 0.870. The molecule has 0 aromatic carbocycles. The minimum absolute atomic E-state index is 0.0353. The largest absolute Gasteiger partial charge is 0.333 e. The van der Waals surface area contributed by atoms with Crippen molar-refractivity contribution in [2.45, 2.75) is 51.1 Å². The Morgan fingerprint density at radius 3 is 2.70 bits per heavy atom. The molecule has 1 N–H and O–H groups in total. The monoisotopic (exact) mass is 319 g/mol. The first-order valence-corrected chi connectivity index (χ1v) is 8.81. The van der Waals surface area contributed by atoms with Gasteiger partial charge in [-0.3, -0.25) is 0 Å². The third-order valence-corrected chi connectivity index (χ3v) is 5.15. The van der Waals surface area contributed by atoms with Crippen molar-refractivity contribution in [2.75, 3.05) is 33.2 Å². The Labute approximate surface area is 138 Å². The van der Waals surface area contributed by atoms with Crippen LogP contribution in [-0.4, -0.2) is 64.1 Å². The van der Waals surface area contributed by atoms with Crippen LogP contribution in [0.25, 0.3) is 0 Å². The molecule has 1 aliphatic carbocycles. The van der Waals surface area contributed by atoms with Crippen molar-refractivity contribution < 1.29 is 4.79 Å². The summed E-state index contributed by atoms with van der Waals surface area (Å²) in [5.74, 6) is 0.988. The lowest BCUT2D eigenvalue weighted by molar-refractivity contribution is 0.178. The van der Waals surface area contributed by atoms with Crippen LogP contribution in [0.1, 0.15) is 37.9 Å². The van der Waals surface area contributed by atoms with Gasteiger partial charge in [0.1, 0.15) is 5.82 Å². The first kappa shape index (κ1) is 16.3. The van der Waals surface area contributed by atoms with Crippen LogP contribution < -0.4 is 5.32 Å². The van der Waals surface area contributed by atoms with Gasteiger partial charge in [-0.15, -0.1) is 0 Å². The van der Waals surface area contributed by atoms with E-state index in [9.17, 15) is 4.79 Å². The standard InChI is InChI=1S/C17H29N5O/c1-15-18-8-11-22(15)13-12-20(2)16(23)19-17(6-7-17)14-21-9-4-3-5-10-21/h8,11H,3-7,9-10,12-14H2,1-2H3,(H,19,23). The number of carbonyl (C=O) groups is 1. The third kappa shape index (κ3) is 4.25. The van der Waals surface area contributed by atoms with Crippen LogP contribution in [0.2, 0.25) is 0 Å². The summed E-state index contributed by atoms with van der Waals surface area (Å²) in [4.78, 5) is 21.0. The second-order valence-corrected chi connectivity index (χ2v) is 7.14. The molecule has 1 saturated carbocycles. The number of rotatable bonds is 6. The molecule has 3 rings (SSSR count). The van der Waals surface area contributed by atoms with E-state index in [1.54, 1.807) is 11.1 Å². The molecule has 2 amide bonds. The predicted molar refractivity (Wildman–Crippen MR) is 90.4 cm³/mol. The fourth-order valence-corrected chi connectivity index (χ4v) is 3.34. The summed E-state index contributed by atoms with van der Waals surface area (Å²) in [6.07, 6.45) is 9.94. The number of urea groups is 1. The molecule has 1 aromatic rings. The summed E-state index contributed by atoms with van der Waals surface area (Å²) in [6, 6.07) is 0.0530. The van der Waals surface area contributed by atoms with Crippen molar-refractivity contribution in [2.24, 2.45) is 0 Å². The molecule has 2 fully saturated rings. The van der Waals surface area contributed by atoms with Gasteiger partial charge in [-0.05, 0) is 45.7 Å². The van der Waals surface area contributed by atoms with E-state index >= 15 is 0 Å². The number of likely N-dealkylation sites (tertiary alicyclic amines) is 1. The molecule has 1 aliphatic heterocycles. The number of carbonyl (C=O) groups excluding carboxylic acids is 1. The van der Waals surface area contributed by atoms with Crippen molar-refractivity contribution in [3.8, 4) is 0 Å². The topological polar surface area (TPSA) is 53.4 Å². The molecule has 0 radical (unpaired) electrons. The second-order valence-electron chi connectivity index (χ2n) is 7.14. The predicted octanol–water partition coefficient (Wildman–Crippen LogP) is 1.85. The Morgan fingerprint density at radius 2 is 2.09 bits per heavy atom. The maximum absolute atomic E-state index is 12.5. The number of amides is 2. The van der Waals surface area contributed by atoms with E-state index in [1.165, 1.54) is 32.4 Å². The van der Waals surface area contributed by atoms with Crippen LogP contribution in [0, 0.1) is 6.92 Å². The Bertz CT molecular complexity index is 531. The number of nitrogens with zero attached hydrogens (tertiary/aromatic N) is 4.